The zero-order valence-corrected chi connectivity index (χ0v) is 30.9. The lowest BCUT2D eigenvalue weighted by atomic mass is 10.0. The van der Waals surface area contributed by atoms with E-state index in [4.69, 9.17) is 15.0 Å². The number of para-hydroxylation sites is 2. The molecule has 7 aromatic carbocycles. The third-order valence-electron chi connectivity index (χ3n) is 10.5. The molecule has 1 aliphatic heterocycles. The maximum Gasteiger partial charge on any atom is 0.159 e. The molecular formula is C47H31N5S2. The summed E-state index contributed by atoms with van der Waals surface area (Å²) in [6.45, 7) is 0. The Morgan fingerprint density at radius 1 is 0.556 bits per heavy atom. The summed E-state index contributed by atoms with van der Waals surface area (Å²) in [4.78, 5) is 17.8. The van der Waals surface area contributed by atoms with E-state index in [1.165, 1.54) is 41.2 Å². The normalized spacial score (nSPS) is 14.8. The molecule has 1 aliphatic rings. The minimum atomic E-state index is -0.272. The standard InChI is InChI=1S/C47H31N5S2/c1-51-45(49-44(29-12-3-2-4-13-29)50-46(51)36-16-11-21-42-43(36)35-15-6-9-19-40(35)53-42)30-22-25-32(26-23-30)52-38-18-8-5-14-33(38)34-27-24-31(28-39(34)52)47-48-37-17-7-10-20-41(37)54-47/h2-28,45H,1H3. The van der Waals surface area contributed by atoms with Crippen LogP contribution in [0.5, 0.6) is 0 Å². The van der Waals surface area contributed by atoms with Gasteiger partial charge in [-0.25, -0.2) is 15.0 Å². The van der Waals surface area contributed by atoms with Gasteiger partial charge in [-0.05, 0) is 54.1 Å². The van der Waals surface area contributed by atoms with Crippen molar-refractivity contribution in [1.82, 2.24) is 14.5 Å². The summed E-state index contributed by atoms with van der Waals surface area (Å²) in [7, 11) is 2.12. The predicted molar refractivity (Wildman–Crippen MR) is 229 cm³/mol. The number of aromatic nitrogens is 2. The van der Waals surface area contributed by atoms with E-state index in [9.17, 15) is 0 Å². The fraction of sp³-hybridized carbons (Fsp3) is 0.0426. The predicted octanol–water partition coefficient (Wildman–Crippen LogP) is 12.3. The average Bonchev–Trinajstić information content (AvgIpc) is 3.93. The molecule has 3 aromatic heterocycles. The van der Waals surface area contributed by atoms with Crippen LogP contribution in [0.2, 0.25) is 0 Å². The minimum absolute atomic E-state index is 0.272. The molecule has 0 aliphatic carbocycles. The molecule has 4 heterocycles. The van der Waals surface area contributed by atoms with Crippen molar-refractivity contribution in [1.29, 1.82) is 0 Å². The van der Waals surface area contributed by atoms with Gasteiger partial charge in [-0.2, -0.15) is 0 Å². The van der Waals surface area contributed by atoms with Crippen LogP contribution in [0.15, 0.2) is 174 Å². The Hall–Kier alpha value is -6.41. The Morgan fingerprint density at radius 3 is 2.13 bits per heavy atom. The van der Waals surface area contributed by atoms with Gasteiger partial charge in [0, 0.05) is 60.4 Å². The van der Waals surface area contributed by atoms with E-state index < -0.39 is 0 Å². The van der Waals surface area contributed by atoms with Crippen LogP contribution in [0.25, 0.3) is 68.5 Å². The van der Waals surface area contributed by atoms with Crippen LogP contribution in [-0.4, -0.2) is 33.2 Å². The highest BCUT2D eigenvalue weighted by molar-refractivity contribution is 7.25. The Labute approximate surface area is 319 Å². The van der Waals surface area contributed by atoms with Gasteiger partial charge < -0.3 is 9.47 Å². The van der Waals surface area contributed by atoms with Gasteiger partial charge in [0.15, 0.2) is 5.84 Å². The van der Waals surface area contributed by atoms with Gasteiger partial charge in [0.25, 0.3) is 0 Å². The highest BCUT2D eigenvalue weighted by Gasteiger charge is 2.28. The van der Waals surface area contributed by atoms with Gasteiger partial charge in [0.2, 0.25) is 0 Å². The van der Waals surface area contributed by atoms with Crippen LogP contribution < -0.4 is 0 Å². The first kappa shape index (κ1) is 31.1. The van der Waals surface area contributed by atoms with Crippen molar-refractivity contribution < 1.29 is 0 Å². The van der Waals surface area contributed by atoms with Gasteiger partial charge in [-0.1, -0.05) is 115 Å². The topological polar surface area (TPSA) is 45.8 Å². The molecule has 0 spiro atoms. The van der Waals surface area contributed by atoms with Gasteiger partial charge in [0.1, 0.15) is 17.0 Å². The van der Waals surface area contributed by atoms with E-state index in [-0.39, 0.29) is 6.17 Å². The third-order valence-corrected chi connectivity index (χ3v) is 12.7. The van der Waals surface area contributed by atoms with Crippen molar-refractivity contribution in [2.24, 2.45) is 9.98 Å². The number of thiazole rings is 1. The molecule has 0 saturated heterocycles. The van der Waals surface area contributed by atoms with Crippen molar-refractivity contribution in [3.8, 4) is 16.3 Å². The maximum atomic E-state index is 5.31. The second kappa shape index (κ2) is 12.3. The van der Waals surface area contributed by atoms with Crippen LogP contribution in [0.3, 0.4) is 0 Å². The molecule has 0 saturated carbocycles. The molecule has 1 unspecified atom stereocenters. The SMILES string of the molecule is CN1C(c2cccc3sc4ccccc4c23)=NC(c2ccccc2)=NC1c1ccc(-n2c3ccccc3c3ccc(-c4nc5ccccc5s4)cc32)cc1. The number of nitrogens with zero attached hydrogens (tertiary/aromatic N) is 5. The Balaban J connectivity index is 1.03. The van der Waals surface area contributed by atoms with Gasteiger partial charge in [0.05, 0.1) is 21.3 Å². The van der Waals surface area contributed by atoms with Crippen LogP contribution >= 0.6 is 22.7 Å². The average molecular weight is 730 g/mol. The van der Waals surface area contributed by atoms with Crippen LogP contribution in [-0.2, 0) is 0 Å². The lowest BCUT2D eigenvalue weighted by Gasteiger charge is -2.33. The fourth-order valence-corrected chi connectivity index (χ4v) is 10.0. The summed E-state index contributed by atoms with van der Waals surface area (Å²) in [5, 5.41) is 5.98. The molecule has 256 valence electrons. The molecular weight excluding hydrogens is 699 g/mol. The van der Waals surface area contributed by atoms with E-state index >= 15 is 0 Å². The second-order valence-corrected chi connectivity index (χ2v) is 15.8. The first-order chi connectivity index (χ1) is 26.7. The number of rotatable bonds is 5. The molecule has 0 bridgehead atoms. The van der Waals surface area contributed by atoms with Crippen molar-refractivity contribution in [2.45, 2.75) is 6.17 Å². The molecule has 11 rings (SSSR count). The van der Waals surface area contributed by atoms with Crippen LogP contribution in [0.4, 0.5) is 0 Å². The molecule has 7 heteroatoms. The van der Waals surface area contributed by atoms with Crippen molar-refractivity contribution in [2.75, 3.05) is 7.05 Å². The summed E-state index contributed by atoms with van der Waals surface area (Å²) in [5.41, 5.74) is 8.80. The summed E-state index contributed by atoms with van der Waals surface area (Å²) in [6.07, 6.45) is -0.272. The highest BCUT2D eigenvalue weighted by Crippen LogP contribution is 2.40. The largest absolute Gasteiger partial charge is 0.333 e. The number of benzene rings is 7. The van der Waals surface area contributed by atoms with Crippen LogP contribution in [0, 0.1) is 0 Å². The third kappa shape index (κ3) is 4.93. The molecule has 0 amide bonds. The van der Waals surface area contributed by atoms with Crippen molar-refractivity contribution >= 4 is 86.5 Å². The summed E-state index contributed by atoms with van der Waals surface area (Å²) >= 11 is 3.57. The molecule has 0 fully saturated rings. The van der Waals surface area contributed by atoms with Gasteiger partial charge in [-0.3, -0.25) is 0 Å². The lowest BCUT2D eigenvalue weighted by molar-refractivity contribution is 0.383. The molecule has 54 heavy (non-hydrogen) atoms. The minimum Gasteiger partial charge on any atom is -0.333 e. The molecule has 1 atom stereocenters. The highest BCUT2D eigenvalue weighted by atomic mass is 32.1. The van der Waals surface area contributed by atoms with Gasteiger partial charge in [-0.15, -0.1) is 22.7 Å². The quantitative estimate of drug-likeness (QED) is 0.177. The number of thiophene rings is 1. The smallest absolute Gasteiger partial charge is 0.159 e. The summed E-state index contributed by atoms with van der Waals surface area (Å²) in [5.74, 6) is 1.65. The molecule has 0 N–H and O–H groups in total. The summed E-state index contributed by atoms with van der Waals surface area (Å²) < 4.78 is 6.11. The monoisotopic (exact) mass is 729 g/mol. The second-order valence-electron chi connectivity index (χ2n) is 13.7. The van der Waals surface area contributed by atoms with E-state index in [2.05, 4.69) is 174 Å². The maximum absolute atomic E-state index is 5.31. The van der Waals surface area contributed by atoms with E-state index in [0.29, 0.717) is 0 Å². The lowest BCUT2D eigenvalue weighted by Crippen LogP contribution is -2.35. The van der Waals surface area contributed by atoms with Gasteiger partial charge >= 0.3 is 0 Å². The van der Waals surface area contributed by atoms with E-state index in [1.54, 1.807) is 11.3 Å². The van der Waals surface area contributed by atoms with E-state index in [0.717, 1.165) is 55.7 Å². The molecule has 10 aromatic rings. The first-order valence-electron chi connectivity index (χ1n) is 18.0. The zero-order valence-electron chi connectivity index (χ0n) is 29.2. The first-order valence-corrected chi connectivity index (χ1v) is 19.7. The van der Waals surface area contributed by atoms with E-state index in [1.807, 2.05) is 17.4 Å². The van der Waals surface area contributed by atoms with Crippen molar-refractivity contribution in [3.05, 3.63) is 180 Å². The Morgan fingerprint density at radius 2 is 1.28 bits per heavy atom. The number of hydrogen-bond donors (Lipinski definition) is 0. The summed E-state index contributed by atoms with van der Waals surface area (Å²) in [6, 6.07) is 58.3. The Kier molecular flexibility index (Phi) is 7.12. The number of amidine groups is 2. The fourth-order valence-electron chi connectivity index (χ4n) is 7.93. The number of fused-ring (bicyclic) bond motifs is 7. The molecule has 5 nitrogen and oxygen atoms in total. The molecule has 0 radical (unpaired) electrons. The Bertz CT molecular complexity index is 3100. The number of hydrogen-bond acceptors (Lipinski definition) is 6. The van der Waals surface area contributed by atoms with Crippen molar-refractivity contribution in [3.63, 3.8) is 0 Å². The zero-order chi connectivity index (χ0) is 35.8. The number of aliphatic imine (C=N–C) groups is 2. The van der Waals surface area contributed by atoms with Crippen LogP contribution in [0.1, 0.15) is 22.9 Å².